The summed E-state index contributed by atoms with van der Waals surface area (Å²) in [5.74, 6) is 1.08. The van der Waals surface area contributed by atoms with Crippen LogP contribution in [0.5, 0.6) is 23.0 Å². The van der Waals surface area contributed by atoms with Gasteiger partial charge in [-0.25, -0.2) is 9.37 Å². The molecule has 0 saturated heterocycles. The first kappa shape index (κ1) is 20.4. The molecule has 3 rings (SSSR count). The molecule has 1 N–H and O–H groups in total. The average Bonchev–Trinajstić information content (AvgIpc) is 3.21. The van der Waals surface area contributed by atoms with Crippen LogP contribution >= 0.6 is 11.3 Å². The molecule has 0 radical (unpaired) electrons. The van der Waals surface area contributed by atoms with E-state index in [-0.39, 0.29) is 24.0 Å². The summed E-state index contributed by atoms with van der Waals surface area (Å²) in [5.41, 5.74) is 0.725. The number of halogens is 1. The number of nitrogens with zero attached hydrogens (tertiary/aromatic N) is 1. The Kier molecular flexibility index (Phi) is 6.50. The first-order valence-electron chi connectivity index (χ1n) is 8.48. The van der Waals surface area contributed by atoms with Gasteiger partial charge in [-0.2, -0.15) is 0 Å². The molecule has 0 fully saturated rings. The van der Waals surface area contributed by atoms with Crippen molar-refractivity contribution in [1.82, 2.24) is 4.98 Å². The topological polar surface area (TPSA) is 78.9 Å². The van der Waals surface area contributed by atoms with Gasteiger partial charge in [0.1, 0.15) is 28.9 Å². The first-order chi connectivity index (χ1) is 14.0. The molecular weight excluding hydrogens is 399 g/mol. The minimum atomic E-state index is -0.386. The Balaban J connectivity index is 1.68. The number of methoxy groups -OCH3 is 3. The maximum Gasteiger partial charge on any atom is 0.275 e. The number of amides is 1. The predicted octanol–water partition coefficient (Wildman–Crippen LogP) is 4.14. The molecule has 0 aliphatic carbocycles. The summed E-state index contributed by atoms with van der Waals surface area (Å²) in [5, 5.41) is 5.01. The number of nitrogens with one attached hydrogen (secondary N) is 1. The van der Waals surface area contributed by atoms with Crippen LogP contribution in [0, 0.1) is 5.82 Å². The Morgan fingerprint density at radius 3 is 2.31 bits per heavy atom. The maximum atomic E-state index is 12.9. The summed E-state index contributed by atoms with van der Waals surface area (Å²) in [6.45, 7) is 0.174. The molecule has 0 spiro atoms. The number of carbonyl (C=O) groups excluding carboxylic acids is 1. The second-order valence-corrected chi connectivity index (χ2v) is 6.68. The maximum absolute atomic E-state index is 12.9. The molecule has 0 bridgehead atoms. The lowest BCUT2D eigenvalue weighted by Crippen LogP contribution is -2.13. The molecular formula is C20H19FN2O5S. The number of thiazole rings is 1. The van der Waals surface area contributed by atoms with Crippen molar-refractivity contribution in [2.24, 2.45) is 0 Å². The van der Waals surface area contributed by atoms with Gasteiger partial charge in [0.2, 0.25) is 5.75 Å². The van der Waals surface area contributed by atoms with Gasteiger partial charge in [-0.05, 0) is 24.3 Å². The molecule has 7 nitrogen and oxygen atoms in total. The van der Waals surface area contributed by atoms with Gasteiger partial charge in [0.05, 0.1) is 21.3 Å². The largest absolute Gasteiger partial charge is 0.493 e. The molecule has 1 heterocycles. The molecule has 29 heavy (non-hydrogen) atoms. The summed E-state index contributed by atoms with van der Waals surface area (Å²) in [6, 6.07) is 8.94. The van der Waals surface area contributed by atoms with Crippen LogP contribution in [0.4, 0.5) is 10.1 Å². The highest BCUT2D eigenvalue weighted by molar-refractivity contribution is 7.09. The van der Waals surface area contributed by atoms with Crippen molar-refractivity contribution in [3.05, 3.63) is 58.3 Å². The quantitative estimate of drug-likeness (QED) is 0.592. The predicted molar refractivity (Wildman–Crippen MR) is 107 cm³/mol. The number of benzene rings is 2. The van der Waals surface area contributed by atoms with E-state index in [0.717, 1.165) is 0 Å². The Morgan fingerprint density at radius 1 is 1.07 bits per heavy atom. The summed E-state index contributed by atoms with van der Waals surface area (Å²) in [6.07, 6.45) is 0. The molecule has 0 aliphatic rings. The van der Waals surface area contributed by atoms with Gasteiger partial charge in [0.25, 0.3) is 5.91 Å². The zero-order valence-electron chi connectivity index (χ0n) is 16.0. The molecule has 1 aromatic heterocycles. The van der Waals surface area contributed by atoms with E-state index in [4.69, 9.17) is 18.9 Å². The summed E-state index contributed by atoms with van der Waals surface area (Å²) >= 11 is 1.29. The highest BCUT2D eigenvalue weighted by atomic mass is 32.1. The fourth-order valence-electron chi connectivity index (χ4n) is 2.51. The number of aromatic nitrogens is 1. The SMILES string of the molecule is COc1cc(NC(=O)c2csc(COc3ccc(F)cc3)n2)cc(OC)c1OC. The Morgan fingerprint density at radius 2 is 1.72 bits per heavy atom. The molecule has 3 aromatic rings. The van der Waals surface area contributed by atoms with Gasteiger partial charge in [-0.15, -0.1) is 11.3 Å². The van der Waals surface area contributed by atoms with Gasteiger partial charge >= 0.3 is 0 Å². The van der Waals surface area contributed by atoms with Crippen molar-refractivity contribution in [1.29, 1.82) is 0 Å². The second kappa shape index (κ2) is 9.24. The van der Waals surface area contributed by atoms with E-state index >= 15 is 0 Å². The molecule has 1 amide bonds. The highest BCUT2D eigenvalue weighted by Crippen LogP contribution is 2.40. The Bertz CT molecular complexity index is 966. The van der Waals surface area contributed by atoms with Gasteiger partial charge in [-0.3, -0.25) is 4.79 Å². The van der Waals surface area contributed by atoms with Gasteiger partial charge in [-0.1, -0.05) is 0 Å². The number of hydrogen-bond donors (Lipinski definition) is 1. The molecule has 0 saturated carbocycles. The zero-order chi connectivity index (χ0) is 20.8. The monoisotopic (exact) mass is 418 g/mol. The van der Waals surface area contributed by atoms with Crippen molar-refractivity contribution >= 4 is 22.9 Å². The summed E-state index contributed by atoms with van der Waals surface area (Å²) in [7, 11) is 4.50. The molecule has 0 unspecified atom stereocenters. The van der Waals surface area contributed by atoms with Crippen molar-refractivity contribution in [3.63, 3.8) is 0 Å². The average molecular weight is 418 g/mol. The van der Waals surface area contributed by atoms with Gasteiger partial charge in [0.15, 0.2) is 11.5 Å². The summed E-state index contributed by atoms with van der Waals surface area (Å²) in [4.78, 5) is 16.8. The van der Waals surface area contributed by atoms with Crippen LogP contribution < -0.4 is 24.3 Å². The van der Waals surface area contributed by atoms with Crippen LogP contribution in [-0.2, 0) is 6.61 Å². The third kappa shape index (κ3) is 4.94. The molecule has 0 atom stereocenters. The van der Waals surface area contributed by atoms with Crippen LogP contribution in [0.3, 0.4) is 0 Å². The fraction of sp³-hybridized carbons (Fsp3) is 0.200. The number of hydrogen-bond acceptors (Lipinski definition) is 7. The highest BCUT2D eigenvalue weighted by Gasteiger charge is 2.16. The number of ether oxygens (including phenoxy) is 4. The minimum absolute atomic E-state index is 0.174. The third-order valence-corrected chi connectivity index (χ3v) is 4.71. The first-order valence-corrected chi connectivity index (χ1v) is 9.36. The standard InChI is InChI=1S/C20H19FN2O5S/c1-25-16-8-13(9-17(26-2)19(16)27-3)22-20(24)15-11-29-18(23-15)10-28-14-6-4-12(21)5-7-14/h4-9,11H,10H2,1-3H3,(H,22,24). The van der Waals surface area contributed by atoms with E-state index in [2.05, 4.69) is 10.3 Å². The molecule has 152 valence electrons. The minimum Gasteiger partial charge on any atom is -0.493 e. The van der Waals surface area contributed by atoms with Crippen molar-refractivity contribution < 1.29 is 28.1 Å². The molecule has 0 aliphatic heterocycles. The summed E-state index contributed by atoms with van der Waals surface area (Å²) < 4.78 is 34.3. The number of carbonyl (C=O) groups is 1. The van der Waals surface area contributed by atoms with Crippen LogP contribution in [-0.4, -0.2) is 32.2 Å². The van der Waals surface area contributed by atoms with E-state index in [1.165, 1.54) is 56.9 Å². The van der Waals surface area contributed by atoms with Crippen LogP contribution in [0.2, 0.25) is 0 Å². The van der Waals surface area contributed by atoms with Crippen molar-refractivity contribution in [3.8, 4) is 23.0 Å². The van der Waals surface area contributed by atoms with E-state index in [0.29, 0.717) is 33.7 Å². The molecule has 9 heteroatoms. The van der Waals surface area contributed by atoms with Crippen LogP contribution in [0.1, 0.15) is 15.5 Å². The molecule has 2 aromatic carbocycles. The number of anilines is 1. The van der Waals surface area contributed by atoms with Gasteiger partial charge < -0.3 is 24.3 Å². The van der Waals surface area contributed by atoms with Gasteiger partial charge in [0, 0.05) is 23.2 Å². The van der Waals surface area contributed by atoms with E-state index in [1.807, 2.05) is 0 Å². The lowest BCUT2D eigenvalue weighted by atomic mass is 10.2. The zero-order valence-corrected chi connectivity index (χ0v) is 16.8. The third-order valence-electron chi connectivity index (χ3n) is 3.88. The second-order valence-electron chi connectivity index (χ2n) is 5.74. The number of rotatable bonds is 8. The lowest BCUT2D eigenvalue weighted by molar-refractivity contribution is 0.102. The van der Waals surface area contributed by atoms with Crippen LogP contribution in [0.15, 0.2) is 41.8 Å². The van der Waals surface area contributed by atoms with Crippen LogP contribution in [0.25, 0.3) is 0 Å². The Labute approximate surface area is 171 Å². The smallest absolute Gasteiger partial charge is 0.275 e. The van der Waals surface area contributed by atoms with Crippen molar-refractivity contribution in [2.75, 3.05) is 26.6 Å². The van der Waals surface area contributed by atoms with E-state index in [1.54, 1.807) is 17.5 Å². The lowest BCUT2D eigenvalue weighted by Gasteiger charge is -2.14. The van der Waals surface area contributed by atoms with Crippen molar-refractivity contribution in [2.45, 2.75) is 6.61 Å². The normalized spacial score (nSPS) is 10.3. The van der Waals surface area contributed by atoms with E-state index < -0.39 is 0 Å². The fourth-order valence-corrected chi connectivity index (χ4v) is 3.19. The van der Waals surface area contributed by atoms with E-state index in [9.17, 15) is 9.18 Å². The Hall–Kier alpha value is -3.33.